The molecule has 1 aliphatic heterocycles. The maximum Gasteiger partial charge on any atom is 0.118 e. The van der Waals surface area contributed by atoms with E-state index < -0.39 is 0 Å². The summed E-state index contributed by atoms with van der Waals surface area (Å²) in [6.07, 6.45) is 4.34. The fourth-order valence-electron chi connectivity index (χ4n) is 2.81. The molecule has 1 aliphatic carbocycles. The molecule has 0 amide bonds. The van der Waals surface area contributed by atoms with Gasteiger partial charge in [-0.25, -0.2) is 0 Å². The first-order valence-electron chi connectivity index (χ1n) is 6.86. The Hall–Kier alpha value is -1.00. The minimum Gasteiger partial charge on any atom is -0.497 e. The van der Waals surface area contributed by atoms with Gasteiger partial charge in [-0.2, -0.15) is 0 Å². The van der Waals surface area contributed by atoms with Crippen LogP contribution < -0.4 is 10.5 Å². The van der Waals surface area contributed by atoms with Gasteiger partial charge < -0.3 is 10.5 Å². The minimum absolute atomic E-state index is 0.379. The number of hydrogen-bond donors (Lipinski definition) is 1. The number of fused-ring (bicyclic) bond motifs is 1. The van der Waals surface area contributed by atoms with Crippen molar-refractivity contribution in [1.82, 2.24) is 0 Å². The van der Waals surface area contributed by atoms with Crippen molar-refractivity contribution in [3.05, 3.63) is 29.8 Å². The third kappa shape index (κ3) is 2.95. The SMILES string of the molecule is COc1ccc(CC2=NC3CCC(N)CC3S2)cc1. The summed E-state index contributed by atoms with van der Waals surface area (Å²) in [5, 5.41) is 1.89. The number of nitrogens with two attached hydrogens (primary N) is 1. The number of hydrogen-bond acceptors (Lipinski definition) is 4. The Morgan fingerprint density at radius 2 is 2.11 bits per heavy atom. The summed E-state index contributed by atoms with van der Waals surface area (Å²) in [6, 6.07) is 9.16. The smallest absolute Gasteiger partial charge is 0.118 e. The van der Waals surface area contributed by atoms with Gasteiger partial charge in [0.05, 0.1) is 18.2 Å². The molecule has 1 aromatic rings. The zero-order valence-electron chi connectivity index (χ0n) is 11.2. The molecule has 0 radical (unpaired) electrons. The number of methoxy groups -OCH3 is 1. The Balaban J connectivity index is 1.64. The van der Waals surface area contributed by atoms with Crippen LogP contribution in [0.1, 0.15) is 24.8 Å². The molecule has 3 atom stereocenters. The van der Waals surface area contributed by atoms with Gasteiger partial charge in [-0.15, -0.1) is 11.8 Å². The molecule has 102 valence electrons. The van der Waals surface area contributed by atoms with Crippen molar-refractivity contribution < 1.29 is 4.74 Å². The van der Waals surface area contributed by atoms with E-state index in [0.29, 0.717) is 17.3 Å². The second kappa shape index (κ2) is 5.55. The molecule has 0 bridgehead atoms. The van der Waals surface area contributed by atoms with Crippen molar-refractivity contribution in [2.24, 2.45) is 10.7 Å². The second-order valence-electron chi connectivity index (χ2n) is 5.34. The first-order chi connectivity index (χ1) is 9.24. The Bertz CT molecular complexity index is 472. The normalized spacial score (nSPS) is 29.8. The summed E-state index contributed by atoms with van der Waals surface area (Å²) in [5.41, 5.74) is 7.34. The van der Waals surface area contributed by atoms with Crippen molar-refractivity contribution in [3.8, 4) is 5.75 Å². The molecule has 19 heavy (non-hydrogen) atoms. The van der Waals surface area contributed by atoms with Crippen LogP contribution in [0, 0.1) is 0 Å². The summed E-state index contributed by atoms with van der Waals surface area (Å²) in [5.74, 6) is 0.907. The van der Waals surface area contributed by atoms with Gasteiger partial charge in [-0.05, 0) is 37.0 Å². The van der Waals surface area contributed by atoms with Crippen LogP contribution in [0.5, 0.6) is 5.75 Å². The van der Waals surface area contributed by atoms with Gasteiger partial charge in [-0.3, -0.25) is 4.99 Å². The topological polar surface area (TPSA) is 47.6 Å². The van der Waals surface area contributed by atoms with Crippen LogP contribution in [0.2, 0.25) is 0 Å². The minimum atomic E-state index is 0.379. The summed E-state index contributed by atoms with van der Waals surface area (Å²) in [4.78, 5) is 4.88. The van der Waals surface area contributed by atoms with E-state index in [1.165, 1.54) is 10.6 Å². The third-order valence-electron chi connectivity index (χ3n) is 3.91. The molecule has 3 unspecified atom stereocenters. The Kier molecular flexibility index (Phi) is 3.80. The van der Waals surface area contributed by atoms with E-state index in [1.807, 2.05) is 23.9 Å². The predicted octanol–water partition coefficient (Wildman–Crippen LogP) is 2.63. The van der Waals surface area contributed by atoms with Gasteiger partial charge in [0.15, 0.2) is 0 Å². The molecule has 1 saturated carbocycles. The van der Waals surface area contributed by atoms with Gasteiger partial charge in [0.25, 0.3) is 0 Å². The quantitative estimate of drug-likeness (QED) is 0.923. The lowest BCUT2D eigenvalue weighted by molar-refractivity contribution is 0.411. The van der Waals surface area contributed by atoms with Crippen molar-refractivity contribution in [3.63, 3.8) is 0 Å². The van der Waals surface area contributed by atoms with Gasteiger partial charge in [0.1, 0.15) is 5.75 Å². The van der Waals surface area contributed by atoms with E-state index >= 15 is 0 Å². The average Bonchev–Trinajstić information content (AvgIpc) is 2.81. The highest BCUT2D eigenvalue weighted by molar-refractivity contribution is 8.14. The van der Waals surface area contributed by atoms with Crippen molar-refractivity contribution >= 4 is 16.8 Å². The molecule has 2 N–H and O–H groups in total. The van der Waals surface area contributed by atoms with Crippen LogP contribution in [0.25, 0.3) is 0 Å². The molecule has 1 fully saturated rings. The molecule has 3 rings (SSSR count). The molecule has 1 aromatic carbocycles. The lowest BCUT2D eigenvalue weighted by Crippen LogP contribution is -2.35. The maximum atomic E-state index is 6.04. The van der Waals surface area contributed by atoms with Crippen LogP contribution in [-0.4, -0.2) is 29.5 Å². The summed E-state index contributed by atoms with van der Waals surface area (Å²) in [6.45, 7) is 0. The van der Waals surface area contributed by atoms with E-state index in [9.17, 15) is 0 Å². The van der Waals surface area contributed by atoms with E-state index in [2.05, 4.69) is 12.1 Å². The molecule has 4 heteroatoms. The summed E-state index contributed by atoms with van der Waals surface area (Å²) >= 11 is 1.94. The maximum absolute atomic E-state index is 6.04. The third-order valence-corrected chi connectivity index (χ3v) is 5.24. The number of nitrogens with zero attached hydrogens (tertiary/aromatic N) is 1. The molecule has 3 nitrogen and oxygen atoms in total. The monoisotopic (exact) mass is 276 g/mol. The van der Waals surface area contributed by atoms with E-state index in [4.69, 9.17) is 15.5 Å². The number of ether oxygens (including phenoxy) is 1. The summed E-state index contributed by atoms with van der Waals surface area (Å²) < 4.78 is 5.18. The molecular weight excluding hydrogens is 256 g/mol. The van der Waals surface area contributed by atoms with E-state index in [1.54, 1.807) is 7.11 Å². The zero-order chi connectivity index (χ0) is 13.2. The van der Waals surface area contributed by atoms with Crippen LogP contribution in [-0.2, 0) is 6.42 Å². The molecule has 0 aromatic heterocycles. The first kappa shape index (κ1) is 13.0. The number of aliphatic imine (C=N–C) groups is 1. The van der Waals surface area contributed by atoms with Gasteiger partial charge >= 0.3 is 0 Å². The van der Waals surface area contributed by atoms with Gasteiger partial charge in [-0.1, -0.05) is 12.1 Å². The largest absolute Gasteiger partial charge is 0.497 e. The molecular formula is C15H20N2OS. The highest BCUT2D eigenvalue weighted by atomic mass is 32.2. The van der Waals surface area contributed by atoms with Crippen LogP contribution in [0.3, 0.4) is 0 Å². The van der Waals surface area contributed by atoms with Crippen LogP contribution in [0.15, 0.2) is 29.3 Å². The lowest BCUT2D eigenvalue weighted by atomic mass is 9.92. The molecule has 1 heterocycles. The zero-order valence-corrected chi connectivity index (χ0v) is 12.0. The fourth-order valence-corrected chi connectivity index (χ4v) is 4.31. The Labute approximate surface area is 118 Å². The van der Waals surface area contributed by atoms with Crippen molar-refractivity contribution in [1.29, 1.82) is 0 Å². The van der Waals surface area contributed by atoms with Gasteiger partial charge in [0.2, 0.25) is 0 Å². The predicted molar refractivity (Wildman–Crippen MR) is 81.1 cm³/mol. The Morgan fingerprint density at radius 1 is 1.32 bits per heavy atom. The van der Waals surface area contributed by atoms with Crippen molar-refractivity contribution in [2.75, 3.05) is 7.11 Å². The summed E-state index contributed by atoms with van der Waals surface area (Å²) in [7, 11) is 1.69. The Morgan fingerprint density at radius 3 is 2.84 bits per heavy atom. The lowest BCUT2D eigenvalue weighted by Gasteiger charge is -2.27. The number of rotatable bonds is 3. The second-order valence-corrected chi connectivity index (χ2v) is 6.66. The van der Waals surface area contributed by atoms with Crippen molar-refractivity contribution in [2.45, 2.75) is 43.0 Å². The van der Waals surface area contributed by atoms with E-state index in [-0.39, 0.29) is 0 Å². The number of benzene rings is 1. The molecule has 2 aliphatic rings. The molecule has 0 spiro atoms. The highest BCUT2D eigenvalue weighted by Crippen LogP contribution is 2.37. The van der Waals surface area contributed by atoms with E-state index in [0.717, 1.165) is 31.4 Å². The molecule has 0 saturated heterocycles. The number of thioether (sulfide) groups is 1. The average molecular weight is 276 g/mol. The highest BCUT2D eigenvalue weighted by Gasteiger charge is 2.34. The standard InChI is InChI=1S/C15H20N2OS/c1-18-12-5-2-10(3-6-12)8-15-17-13-7-4-11(16)9-14(13)19-15/h2-3,5-6,11,13-14H,4,7-9,16H2,1H3. The first-order valence-corrected chi connectivity index (χ1v) is 7.74. The fraction of sp³-hybridized carbons (Fsp3) is 0.533. The van der Waals surface area contributed by atoms with Crippen LogP contribution >= 0.6 is 11.8 Å². The van der Waals surface area contributed by atoms with Crippen LogP contribution in [0.4, 0.5) is 0 Å². The van der Waals surface area contributed by atoms with Gasteiger partial charge in [0, 0.05) is 17.7 Å².